The molecule has 1 aliphatic heterocycles. The van der Waals surface area contributed by atoms with Crippen LogP contribution in [0.15, 0.2) is 41.2 Å². The van der Waals surface area contributed by atoms with E-state index in [1.54, 1.807) is 12.1 Å². The van der Waals surface area contributed by atoms with Crippen LogP contribution in [0.1, 0.15) is 10.4 Å². The fraction of sp³-hybridized carbons (Fsp3) is 0.231. The lowest BCUT2D eigenvalue weighted by atomic mass is 10.0. The van der Waals surface area contributed by atoms with Gasteiger partial charge in [-0.25, -0.2) is 0 Å². The number of epoxide rings is 1. The Balaban J connectivity index is 1.82. The molecule has 1 aliphatic carbocycles. The zero-order valence-electron chi connectivity index (χ0n) is 10.1. The first-order valence-corrected chi connectivity index (χ1v) is 5.94. The zero-order valence-corrected chi connectivity index (χ0v) is 10.1. The molecule has 0 spiro atoms. The SMILES string of the molecule is O=Nc1ccccc1C(=O)NC1=CC(=O)C2OC2C1O. The highest BCUT2D eigenvalue weighted by Crippen LogP contribution is 2.33. The van der Waals surface area contributed by atoms with Crippen molar-refractivity contribution in [2.45, 2.75) is 18.3 Å². The van der Waals surface area contributed by atoms with Crippen molar-refractivity contribution in [1.29, 1.82) is 0 Å². The van der Waals surface area contributed by atoms with Crippen molar-refractivity contribution in [1.82, 2.24) is 5.32 Å². The van der Waals surface area contributed by atoms with E-state index >= 15 is 0 Å². The number of hydrogen-bond donors (Lipinski definition) is 2. The van der Waals surface area contributed by atoms with Gasteiger partial charge in [0.1, 0.15) is 24.0 Å². The first-order valence-electron chi connectivity index (χ1n) is 5.94. The average molecular weight is 274 g/mol. The fourth-order valence-corrected chi connectivity index (χ4v) is 2.14. The molecule has 7 heteroatoms. The lowest BCUT2D eigenvalue weighted by Crippen LogP contribution is -2.37. The summed E-state index contributed by atoms with van der Waals surface area (Å²) in [5.41, 5.74) is 0.129. The number of carbonyl (C=O) groups is 2. The molecule has 1 heterocycles. The van der Waals surface area contributed by atoms with Crippen molar-refractivity contribution in [3.63, 3.8) is 0 Å². The molecule has 3 atom stereocenters. The molecule has 0 bridgehead atoms. The van der Waals surface area contributed by atoms with Crippen LogP contribution in [0.3, 0.4) is 0 Å². The van der Waals surface area contributed by atoms with E-state index in [1.807, 2.05) is 0 Å². The van der Waals surface area contributed by atoms with Crippen LogP contribution in [0.2, 0.25) is 0 Å². The Morgan fingerprint density at radius 1 is 1.35 bits per heavy atom. The number of ether oxygens (including phenoxy) is 1. The fourth-order valence-electron chi connectivity index (χ4n) is 2.14. The maximum atomic E-state index is 12.1. The molecule has 2 N–H and O–H groups in total. The van der Waals surface area contributed by atoms with E-state index in [0.717, 1.165) is 6.08 Å². The van der Waals surface area contributed by atoms with Gasteiger partial charge in [-0.2, -0.15) is 0 Å². The average Bonchev–Trinajstić information content (AvgIpc) is 3.25. The number of hydrogen-bond acceptors (Lipinski definition) is 6. The molecule has 102 valence electrons. The van der Waals surface area contributed by atoms with Gasteiger partial charge in [-0.1, -0.05) is 12.1 Å². The molecule has 0 saturated carbocycles. The van der Waals surface area contributed by atoms with Gasteiger partial charge in [-0.05, 0) is 17.3 Å². The molecular weight excluding hydrogens is 264 g/mol. The minimum Gasteiger partial charge on any atom is -0.384 e. The normalized spacial score (nSPS) is 27.4. The molecule has 1 saturated heterocycles. The third kappa shape index (κ3) is 2.02. The number of fused-ring (bicyclic) bond motifs is 1. The lowest BCUT2D eigenvalue weighted by Gasteiger charge is -2.17. The number of benzene rings is 1. The Kier molecular flexibility index (Phi) is 2.92. The predicted octanol–water partition coefficient (Wildman–Crippen LogP) is 0.409. The number of nitrogens with zero attached hydrogens (tertiary/aromatic N) is 1. The van der Waals surface area contributed by atoms with E-state index in [9.17, 15) is 19.6 Å². The summed E-state index contributed by atoms with van der Waals surface area (Å²) in [7, 11) is 0. The highest BCUT2D eigenvalue weighted by Gasteiger charge is 2.53. The number of aliphatic hydroxyl groups excluding tert-OH is 1. The molecule has 20 heavy (non-hydrogen) atoms. The molecular formula is C13H10N2O5. The third-order valence-electron chi connectivity index (χ3n) is 3.24. The van der Waals surface area contributed by atoms with Gasteiger partial charge in [0.2, 0.25) is 0 Å². The quantitative estimate of drug-likeness (QED) is 0.613. The van der Waals surface area contributed by atoms with Gasteiger partial charge in [0.05, 0.1) is 11.3 Å². The van der Waals surface area contributed by atoms with E-state index < -0.39 is 24.2 Å². The molecule has 1 aromatic carbocycles. The van der Waals surface area contributed by atoms with Gasteiger partial charge >= 0.3 is 0 Å². The highest BCUT2D eigenvalue weighted by atomic mass is 16.6. The maximum absolute atomic E-state index is 12.1. The van der Waals surface area contributed by atoms with Crippen LogP contribution in [0.4, 0.5) is 5.69 Å². The zero-order chi connectivity index (χ0) is 14.3. The second-order valence-corrected chi connectivity index (χ2v) is 4.53. The van der Waals surface area contributed by atoms with Gasteiger partial charge in [-0.15, -0.1) is 4.91 Å². The largest absolute Gasteiger partial charge is 0.384 e. The van der Waals surface area contributed by atoms with Crippen LogP contribution in [0, 0.1) is 4.91 Å². The van der Waals surface area contributed by atoms with Crippen molar-refractivity contribution in [3.8, 4) is 0 Å². The number of nitroso groups, excluding NO2 is 1. The number of rotatable bonds is 3. The van der Waals surface area contributed by atoms with E-state index in [0.29, 0.717) is 0 Å². The Bertz CT molecular complexity index is 639. The second-order valence-electron chi connectivity index (χ2n) is 4.53. The van der Waals surface area contributed by atoms with Gasteiger partial charge in [-0.3, -0.25) is 9.59 Å². The molecule has 1 aromatic rings. The number of amides is 1. The first-order chi connectivity index (χ1) is 9.61. The minimum absolute atomic E-state index is 0.0113. The molecule has 3 rings (SSSR count). The Morgan fingerprint density at radius 2 is 2.10 bits per heavy atom. The topological polar surface area (TPSA) is 108 Å². The summed E-state index contributed by atoms with van der Waals surface area (Å²) in [4.78, 5) is 34.2. The van der Waals surface area contributed by atoms with Crippen molar-refractivity contribution >= 4 is 17.4 Å². The number of ketones is 1. The molecule has 2 aliphatic rings. The smallest absolute Gasteiger partial charge is 0.257 e. The summed E-state index contributed by atoms with van der Waals surface area (Å²) in [5, 5.41) is 15.1. The number of nitrogens with one attached hydrogen (secondary N) is 1. The van der Waals surface area contributed by atoms with Gasteiger partial charge < -0.3 is 15.2 Å². The molecule has 0 radical (unpaired) electrons. The predicted molar refractivity (Wildman–Crippen MR) is 67.1 cm³/mol. The van der Waals surface area contributed by atoms with Crippen LogP contribution < -0.4 is 5.32 Å². The van der Waals surface area contributed by atoms with Crippen molar-refractivity contribution < 1.29 is 19.4 Å². The standard InChI is InChI=1S/C13H10N2O5/c16-9-5-8(10(17)12-11(9)20-12)14-13(18)6-3-1-2-4-7(6)15-19/h1-5,10-12,17H,(H,14,18). The Labute approximate surface area is 113 Å². The monoisotopic (exact) mass is 274 g/mol. The second kappa shape index (κ2) is 4.62. The van der Waals surface area contributed by atoms with E-state index in [-0.39, 0.29) is 22.7 Å². The summed E-state index contributed by atoms with van der Waals surface area (Å²) in [6.07, 6.45) is -1.11. The van der Waals surface area contributed by atoms with E-state index in [2.05, 4.69) is 10.5 Å². The van der Waals surface area contributed by atoms with Crippen LogP contribution >= 0.6 is 0 Å². The van der Waals surface area contributed by atoms with E-state index in [4.69, 9.17) is 4.74 Å². The molecule has 0 aromatic heterocycles. The Hall–Kier alpha value is -2.38. The number of aliphatic hydroxyl groups is 1. The third-order valence-corrected chi connectivity index (χ3v) is 3.24. The highest BCUT2D eigenvalue weighted by molar-refractivity contribution is 6.02. The van der Waals surface area contributed by atoms with Crippen molar-refractivity contribution in [2.24, 2.45) is 5.18 Å². The minimum atomic E-state index is -1.06. The van der Waals surface area contributed by atoms with Crippen LogP contribution in [0.25, 0.3) is 0 Å². The maximum Gasteiger partial charge on any atom is 0.257 e. The Morgan fingerprint density at radius 3 is 2.85 bits per heavy atom. The van der Waals surface area contributed by atoms with Crippen LogP contribution in [0.5, 0.6) is 0 Å². The van der Waals surface area contributed by atoms with Crippen molar-refractivity contribution in [3.05, 3.63) is 46.5 Å². The first kappa shape index (κ1) is 12.6. The van der Waals surface area contributed by atoms with Gasteiger partial charge in [0, 0.05) is 6.08 Å². The van der Waals surface area contributed by atoms with E-state index in [1.165, 1.54) is 12.1 Å². The summed E-state index contributed by atoms with van der Waals surface area (Å²) < 4.78 is 4.99. The summed E-state index contributed by atoms with van der Waals surface area (Å²) >= 11 is 0. The van der Waals surface area contributed by atoms with Gasteiger partial charge in [0.25, 0.3) is 5.91 Å². The molecule has 7 nitrogen and oxygen atoms in total. The summed E-state index contributed by atoms with van der Waals surface area (Å²) in [5.74, 6) is -0.908. The van der Waals surface area contributed by atoms with Gasteiger partial charge in [0.15, 0.2) is 5.78 Å². The van der Waals surface area contributed by atoms with Crippen LogP contribution in [-0.4, -0.2) is 35.1 Å². The molecule has 3 unspecified atom stereocenters. The summed E-state index contributed by atoms with van der Waals surface area (Å²) in [6.45, 7) is 0. The lowest BCUT2D eigenvalue weighted by molar-refractivity contribution is -0.116. The van der Waals surface area contributed by atoms with Crippen molar-refractivity contribution in [2.75, 3.05) is 0 Å². The molecule has 1 fully saturated rings. The summed E-state index contributed by atoms with van der Waals surface area (Å²) in [6, 6.07) is 5.99. The number of carbonyl (C=O) groups excluding carboxylic acids is 2. The molecule has 1 amide bonds. The van der Waals surface area contributed by atoms with Crippen LogP contribution in [-0.2, 0) is 9.53 Å².